The third-order valence-corrected chi connectivity index (χ3v) is 10.1. The Bertz CT molecular complexity index is 1220. The number of sulfonamides is 1. The number of anilines is 1. The summed E-state index contributed by atoms with van der Waals surface area (Å²) >= 11 is 1.47. The van der Waals surface area contributed by atoms with Crippen LogP contribution in [0.5, 0.6) is 0 Å². The molecule has 0 saturated carbocycles. The van der Waals surface area contributed by atoms with E-state index in [-0.39, 0.29) is 29.1 Å². The topological polar surface area (TPSA) is 95.5 Å². The van der Waals surface area contributed by atoms with Gasteiger partial charge in [0, 0.05) is 30.6 Å². The highest BCUT2D eigenvalue weighted by atomic mass is 32.2. The number of aromatic nitrogens is 2. The number of piperidine rings is 2. The SMILES string of the molecule is CC(C)C12CCCCN1C(=O)c1cc(-c3nc(NC4CCN(S(C)(=O)=O)CC4)ncc3F)sc12. The monoisotopic (exact) mass is 507 g/mol. The molecule has 3 aliphatic heterocycles. The van der Waals surface area contributed by atoms with Crippen LogP contribution in [-0.4, -0.2) is 65.4 Å². The molecular weight excluding hydrogens is 477 g/mol. The van der Waals surface area contributed by atoms with E-state index in [9.17, 15) is 17.6 Å². The van der Waals surface area contributed by atoms with Crippen molar-refractivity contribution in [3.8, 4) is 10.6 Å². The van der Waals surface area contributed by atoms with E-state index in [0.29, 0.717) is 42.3 Å². The molecule has 5 rings (SSSR count). The minimum atomic E-state index is -3.20. The van der Waals surface area contributed by atoms with E-state index in [4.69, 9.17) is 0 Å². The fourth-order valence-electron chi connectivity index (χ4n) is 5.64. The molecule has 0 aromatic carbocycles. The minimum absolute atomic E-state index is 0.00578. The fraction of sp³-hybridized carbons (Fsp3) is 0.609. The highest BCUT2D eigenvalue weighted by Gasteiger charge is 2.54. The lowest BCUT2D eigenvalue weighted by Gasteiger charge is -2.45. The third-order valence-electron chi connectivity index (χ3n) is 7.46. The van der Waals surface area contributed by atoms with Gasteiger partial charge in [-0.05, 0) is 44.1 Å². The zero-order chi connectivity index (χ0) is 24.3. The van der Waals surface area contributed by atoms with Crippen LogP contribution in [0.1, 0.15) is 61.2 Å². The van der Waals surface area contributed by atoms with Crippen molar-refractivity contribution >= 4 is 33.2 Å². The Labute approximate surface area is 203 Å². The van der Waals surface area contributed by atoms with E-state index < -0.39 is 15.8 Å². The highest BCUT2D eigenvalue weighted by molar-refractivity contribution is 7.88. The Hall–Kier alpha value is -2.11. The van der Waals surface area contributed by atoms with Crippen LogP contribution in [0.25, 0.3) is 10.6 Å². The number of carbonyl (C=O) groups excluding carboxylic acids is 1. The largest absolute Gasteiger partial charge is 0.351 e. The molecule has 34 heavy (non-hydrogen) atoms. The van der Waals surface area contributed by atoms with Crippen molar-refractivity contribution in [3.05, 3.63) is 28.5 Å². The summed E-state index contributed by atoms with van der Waals surface area (Å²) in [6.07, 6.45) is 6.64. The van der Waals surface area contributed by atoms with E-state index in [0.717, 1.165) is 36.9 Å². The van der Waals surface area contributed by atoms with Gasteiger partial charge in [-0.25, -0.2) is 27.1 Å². The Morgan fingerprint density at radius 1 is 1.24 bits per heavy atom. The standard InChI is InChI=1S/C23H30FN5O3S2/c1-14(2)23-8-4-5-9-29(23)21(30)16-12-18(33-20(16)23)19-17(24)13-25-22(27-19)26-15-6-10-28(11-7-15)34(3,31)32/h12-15H,4-11H2,1-3H3,(H,25,26,27). The molecule has 0 radical (unpaired) electrons. The molecule has 1 atom stereocenters. The second-order valence-electron chi connectivity index (χ2n) is 9.82. The number of fused-ring (bicyclic) bond motifs is 3. The minimum Gasteiger partial charge on any atom is -0.351 e. The first-order chi connectivity index (χ1) is 16.1. The maximum atomic E-state index is 14.8. The Balaban J connectivity index is 1.41. The number of hydrogen-bond acceptors (Lipinski definition) is 7. The van der Waals surface area contributed by atoms with Gasteiger partial charge in [-0.2, -0.15) is 0 Å². The predicted molar refractivity (Wildman–Crippen MR) is 130 cm³/mol. The number of nitrogens with one attached hydrogen (secondary N) is 1. The van der Waals surface area contributed by atoms with Gasteiger partial charge in [0.25, 0.3) is 5.91 Å². The zero-order valence-corrected chi connectivity index (χ0v) is 21.3. The molecular formula is C23H30FN5O3S2. The number of rotatable bonds is 5. The molecule has 8 nitrogen and oxygen atoms in total. The van der Waals surface area contributed by atoms with Crippen LogP contribution in [-0.2, 0) is 15.6 Å². The average Bonchev–Trinajstić information content (AvgIpc) is 3.33. The van der Waals surface area contributed by atoms with Crippen LogP contribution < -0.4 is 5.32 Å². The normalized spacial score (nSPS) is 23.9. The van der Waals surface area contributed by atoms with Crippen LogP contribution in [0.15, 0.2) is 12.3 Å². The summed E-state index contributed by atoms with van der Waals surface area (Å²) in [6.45, 7) is 5.93. The maximum Gasteiger partial charge on any atom is 0.255 e. The summed E-state index contributed by atoms with van der Waals surface area (Å²) in [5, 5.41) is 3.24. The highest BCUT2D eigenvalue weighted by Crippen LogP contribution is 2.54. The van der Waals surface area contributed by atoms with E-state index in [1.54, 1.807) is 6.07 Å². The second-order valence-corrected chi connectivity index (χ2v) is 12.9. The molecule has 0 spiro atoms. The average molecular weight is 508 g/mol. The molecule has 3 aliphatic rings. The molecule has 2 saturated heterocycles. The zero-order valence-electron chi connectivity index (χ0n) is 19.7. The van der Waals surface area contributed by atoms with Crippen molar-refractivity contribution in [2.24, 2.45) is 5.92 Å². The Kier molecular flexibility index (Phi) is 5.92. The van der Waals surface area contributed by atoms with E-state index in [1.807, 2.05) is 4.90 Å². The first kappa shape index (κ1) is 23.6. The molecule has 1 amide bonds. The number of thiophene rings is 1. The molecule has 184 valence electrons. The van der Waals surface area contributed by atoms with Crippen molar-refractivity contribution in [2.45, 2.75) is 57.5 Å². The van der Waals surface area contributed by atoms with Gasteiger partial charge in [0.05, 0.1) is 28.4 Å². The van der Waals surface area contributed by atoms with Gasteiger partial charge in [0.2, 0.25) is 16.0 Å². The number of halogens is 1. The van der Waals surface area contributed by atoms with Gasteiger partial charge in [-0.3, -0.25) is 4.79 Å². The van der Waals surface area contributed by atoms with Crippen molar-refractivity contribution < 1.29 is 17.6 Å². The van der Waals surface area contributed by atoms with Gasteiger partial charge in [-0.1, -0.05) is 13.8 Å². The molecule has 2 fully saturated rings. The van der Waals surface area contributed by atoms with Crippen LogP contribution in [0.2, 0.25) is 0 Å². The van der Waals surface area contributed by atoms with Crippen LogP contribution >= 0.6 is 11.3 Å². The molecule has 1 unspecified atom stereocenters. The summed E-state index contributed by atoms with van der Waals surface area (Å²) in [7, 11) is -3.20. The summed E-state index contributed by atoms with van der Waals surface area (Å²) in [6, 6.07) is 1.80. The van der Waals surface area contributed by atoms with Gasteiger partial charge >= 0.3 is 0 Å². The maximum absolute atomic E-state index is 14.8. The lowest BCUT2D eigenvalue weighted by atomic mass is 9.78. The van der Waals surface area contributed by atoms with Crippen LogP contribution in [0, 0.1) is 11.7 Å². The lowest BCUT2D eigenvalue weighted by Crippen LogP contribution is -2.50. The summed E-state index contributed by atoms with van der Waals surface area (Å²) in [5.74, 6) is 0.0852. The first-order valence-corrected chi connectivity index (χ1v) is 14.5. The molecule has 0 bridgehead atoms. The number of nitrogens with zero attached hydrogens (tertiary/aromatic N) is 4. The van der Waals surface area contributed by atoms with Crippen LogP contribution in [0.3, 0.4) is 0 Å². The first-order valence-electron chi connectivity index (χ1n) is 11.8. The lowest BCUT2D eigenvalue weighted by molar-refractivity contribution is 0.0212. The molecule has 5 heterocycles. The molecule has 11 heteroatoms. The quantitative estimate of drug-likeness (QED) is 0.664. The smallest absolute Gasteiger partial charge is 0.255 e. The number of carbonyl (C=O) groups is 1. The Morgan fingerprint density at radius 3 is 2.65 bits per heavy atom. The van der Waals surface area contributed by atoms with E-state index in [1.165, 1.54) is 21.9 Å². The van der Waals surface area contributed by atoms with Crippen LogP contribution in [0.4, 0.5) is 10.3 Å². The second kappa shape index (κ2) is 8.53. The fourth-order valence-corrected chi connectivity index (χ4v) is 8.03. The number of amides is 1. The molecule has 0 aliphatic carbocycles. The van der Waals surface area contributed by atoms with Gasteiger partial charge in [0.1, 0.15) is 5.69 Å². The molecule has 1 N–H and O–H groups in total. The number of hydrogen-bond donors (Lipinski definition) is 1. The van der Waals surface area contributed by atoms with Gasteiger partial charge in [0.15, 0.2) is 5.82 Å². The van der Waals surface area contributed by atoms with E-state index >= 15 is 0 Å². The third kappa shape index (κ3) is 3.81. The van der Waals surface area contributed by atoms with E-state index in [2.05, 4.69) is 29.1 Å². The van der Waals surface area contributed by atoms with Gasteiger partial charge < -0.3 is 10.2 Å². The molecule has 2 aromatic heterocycles. The van der Waals surface area contributed by atoms with Crippen molar-refractivity contribution in [1.29, 1.82) is 0 Å². The summed E-state index contributed by atoms with van der Waals surface area (Å²) in [4.78, 5) is 25.5. The van der Waals surface area contributed by atoms with Crippen molar-refractivity contribution in [1.82, 2.24) is 19.2 Å². The molecule has 2 aromatic rings. The summed E-state index contributed by atoms with van der Waals surface area (Å²) in [5.41, 5.74) is 0.557. The Morgan fingerprint density at radius 2 is 1.97 bits per heavy atom. The van der Waals surface area contributed by atoms with Crippen molar-refractivity contribution in [2.75, 3.05) is 31.2 Å². The van der Waals surface area contributed by atoms with Crippen molar-refractivity contribution in [3.63, 3.8) is 0 Å². The predicted octanol–water partition coefficient (Wildman–Crippen LogP) is 3.67. The summed E-state index contributed by atoms with van der Waals surface area (Å²) < 4.78 is 39.8. The van der Waals surface area contributed by atoms with Gasteiger partial charge in [-0.15, -0.1) is 11.3 Å².